The van der Waals surface area contributed by atoms with Gasteiger partial charge in [-0.1, -0.05) is 24.4 Å². The van der Waals surface area contributed by atoms with Crippen LogP contribution >= 0.6 is 0 Å². The maximum atomic E-state index is 5.99. The Morgan fingerprint density at radius 1 is 1.26 bits per heavy atom. The van der Waals surface area contributed by atoms with Crippen molar-refractivity contribution < 1.29 is 9.26 Å². The number of aromatic nitrogens is 2. The molecule has 0 spiro atoms. The lowest BCUT2D eigenvalue weighted by Crippen LogP contribution is -2.34. The molecule has 2 rings (SSSR count). The van der Waals surface area contributed by atoms with Crippen LogP contribution in [0.3, 0.4) is 0 Å². The van der Waals surface area contributed by atoms with Crippen molar-refractivity contribution in [2.75, 3.05) is 11.9 Å². The zero-order valence-corrected chi connectivity index (χ0v) is 12.5. The molecule has 19 heavy (non-hydrogen) atoms. The fourth-order valence-electron chi connectivity index (χ4n) is 2.61. The van der Waals surface area contributed by atoms with Crippen molar-refractivity contribution in [3.63, 3.8) is 0 Å². The van der Waals surface area contributed by atoms with Crippen molar-refractivity contribution in [3.8, 4) is 0 Å². The van der Waals surface area contributed by atoms with Crippen LogP contribution in [0.4, 0.5) is 6.01 Å². The van der Waals surface area contributed by atoms with Crippen LogP contribution in [-0.2, 0) is 10.3 Å². The first-order valence-corrected chi connectivity index (χ1v) is 7.21. The minimum Gasteiger partial charge on any atom is -0.367 e. The van der Waals surface area contributed by atoms with Crippen molar-refractivity contribution in [3.05, 3.63) is 5.82 Å². The van der Waals surface area contributed by atoms with Gasteiger partial charge in [0, 0.05) is 12.1 Å². The summed E-state index contributed by atoms with van der Waals surface area (Å²) >= 11 is 0. The average Bonchev–Trinajstić information content (AvgIpc) is 2.77. The zero-order chi connectivity index (χ0) is 13.9. The normalized spacial score (nSPS) is 19.4. The number of ether oxygens (including phenoxy) is 1. The van der Waals surface area contributed by atoms with E-state index >= 15 is 0 Å². The van der Waals surface area contributed by atoms with Gasteiger partial charge in [-0.15, -0.1) is 0 Å². The Morgan fingerprint density at radius 3 is 2.53 bits per heavy atom. The number of nitrogens with one attached hydrogen (secondary N) is 1. The summed E-state index contributed by atoms with van der Waals surface area (Å²) < 4.78 is 11.3. The van der Waals surface area contributed by atoms with Crippen LogP contribution in [0.2, 0.25) is 0 Å². The summed E-state index contributed by atoms with van der Waals surface area (Å²) in [4.78, 5) is 4.50. The Labute approximate surface area is 115 Å². The molecule has 0 amide bonds. The molecule has 0 saturated heterocycles. The summed E-state index contributed by atoms with van der Waals surface area (Å²) in [5.41, 5.74) is -0.427. The van der Waals surface area contributed by atoms with Crippen molar-refractivity contribution in [1.29, 1.82) is 0 Å². The molecule has 1 fully saturated rings. The van der Waals surface area contributed by atoms with E-state index in [-0.39, 0.29) is 11.1 Å². The second-order valence-electron chi connectivity index (χ2n) is 6.29. The van der Waals surface area contributed by atoms with Crippen LogP contribution in [0.1, 0.15) is 65.6 Å². The van der Waals surface area contributed by atoms with Gasteiger partial charge in [0.25, 0.3) is 0 Å². The number of rotatable bonds is 4. The van der Waals surface area contributed by atoms with Gasteiger partial charge in [0.15, 0.2) is 0 Å². The quantitative estimate of drug-likeness (QED) is 0.905. The third kappa shape index (κ3) is 3.47. The lowest BCUT2D eigenvalue weighted by molar-refractivity contribution is -0.0777. The first-order valence-electron chi connectivity index (χ1n) is 7.21. The smallest absolute Gasteiger partial charge is 0.321 e. The highest BCUT2D eigenvalue weighted by Gasteiger charge is 2.39. The summed E-state index contributed by atoms with van der Waals surface area (Å²) in [6.07, 6.45) is 5.55. The molecule has 0 unspecified atom stereocenters. The molecule has 108 valence electrons. The van der Waals surface area contributed by atoms with E-state index in [4.69, 9.17) is 9.26 Å². The minimum absolute atomic E-state index is 0.0881. The summed E-state index contributed by atoms with van der Waals surface area (Å²) in [6.45, 7) is 8.89. The average molecular weight is 267 g/mol. The van der Waals surface area contributed by atoms with E-state index in [2.05, 4.69) is 36.2 Å². The molecule has 0 atom stereocenters. The van der Waals surface area contributed by atoms with E-state index in [1.807, 2.05) is 6.92 Å². The molecule has 1 N–H and O–H groups in total. The lowest BCUT2D eigenvalue weighted by atomic mass is 9.84. The van der Waals surface area contributed by atoms with Gasteiger partial charge in [0.05, 0.1) is 0 Å². The monoisotopic (exact) mass is 267 g/mol. The maximum absolute atomic E-state index is 5.99. The number of nitrogens with zero attached hydrogens (tertiary/aromatic N) is 2. The molecule has 0 aliphatic heterocycles. The lowest BCUT2D eigenvalue weighted by Gasteiger charge is -2.33. The summed E-state index contributed by atoms with van der Waals surface area (Å²) in [6, 6.07) is 0.479. The van der Waals surface area contributed by atoms with E-state index in [9.17, 15) is 0 Å². The maximum Gasteiger partial charge on any atom is 0.321 e. The van der Waals surface area contributed by atoms with E-state index in [0.29, 0.717) is 18.4 Å². The molecule has 1 heterocycles. The summed E-state index contributed by atoms with van der Waals surface area (Å²) in [5.74, 6) is 0.695. The van der Waals surface area contributed by atoms with E-state index in [0.717, 1.165) is 25.7 Å². The predicted octanol–water partition coefficient (Wildman–Crippen LogP) is 3.48. The first kappa shape index (κ1) is 14.3. The highest BCUT2D eigenvalue weighted by atomic mass is 16.5. The van der Waals surface area contributed by atoms with Crippen LogP contribution in [-0.4, -0.2) is 22.3 Å². The molecule has 1 aliphatic carbocycles. The first-order chi connectivity index (χ1) is 8.95. The number of hydrogen-bond donors (Lipinski definition) is 1. The summed E-state index contributed by atoms with van der Waals surface area (Å²) in [5, 5.41) is 7.35. The van der Waals surface area contributed by atoms with Gasteiger partial charge in [0.1, 0.15) is 5.60 Å². The van der Waals surface area contributed by atoms with Gasteiger partial charge >= 0.3 is 6.01 Å². The fraction of sp³-hybridized carbons (Fsp3) is 0.857. The number of anilines is 1. The SMILES string of the molecule is CCOC1(c2noc(NC(C)(C)C)n2)CCCCC1. The minimum atomic E-state index is -0.339. The summed E-state index contributed by atoms with van der Waals surface area (Å²) in [7, 11) is 0. The topological polar surface area (TPSA) is 60.2 Å². The van der Waals surface area contributed by atoms with Crippen LogP contribution in [0, 0.1) is 0 Å². The van der Waals surface area contributed by atoms with Crippen LogP contribution in [0.5, 0.6) is 0 Å². The Morgan fingerprint density at radius 2 is 1.95 bits per heavy atom. The molecular weight excluding hydrogens is 242 g/mol. The van der Waals surface area contributed by atoms with Crippen LogP contribution in [0.25, 0.3) is 0 Å². The van der Waals surface area contributed by atoms with Gasteiger partial charge in [-0.3, -0.25) is 0 Å². The molecule has 1 aliphatic rings. The third-order valence-corrected chi connectivity index (χ3v) is 3.40. The highest BCUT2D eigenvalue weighted by molar-refractivity contribution is 5.24. The van der Waals surface area contributed by atoms with Crippen LogP contribution in [0.15, 0.2) is 4.52 Å². The van der Waals surface area contributed by atoms with Crippen molar-refractivity contribution in [2.45, 2.75) is 70.9 Å². The molecule has 0 bridgehead atoms. The van der Waals surface area contributed by atoms with E-state index in [1.54, 1.807) is 0 Å². The van der Waals surface area contributed by atoms with Crippen molar-refractivity contribution in [2.24, 2.45) is 0 Å². The van der Waals surface area contributed by atoms with Gasteiger partial charge < -0.3 is 14.6 Å². The Hall–Kier alpha value is -1.10. The Kier molecular flexibility index (Phi) is 4.13. The second kappa shape index (κ2) is 5.49. The van der Waals surface area contributed by atoms with Gasteiger partial charge in [-0.2, -0.15) is 4.98 Å². The predicted molar refractivity (Wildman–Crippen MR) is 74.1 cm³/mol. The van der Waals surface area contributed by atoms with E-state index < -0.39 is 0 Å². The molecule has 1 saturated carbocycles. The Bertz CT molecular complexity index is 398. The van der Waals surface area contributed by atoms with Gasteiger partial charge in [-0.05, 0) is 40.5 Å². The third-order valence-electron chi connectivity index (χ3n) is 3.40. The molecule has 0 radical (unpaired) electrons. The largest absolute Gasteiger partial charge is 0.367 e. The molecule has 0 aromatic carbocycles. The van der Waals surface area contributed by atoms with Crippen molar-refractivity contribution in [1.82, 2.24) is 10.1 Å². The number of hydrogen-bond acceptors (Lipinski definition) is 5. The fourth-order valence-corrected chi connectivity index (χ4v) is 2.61. The van der Waals surface area contributed by atoms with Crippen molar-refractivity contribution >= 4 is 6.01 Å². The second-order valence-corrected chi connectivity index (χ2v) is 6.29. The zero-order valence-electron chi connectivity index (χ0n) is 12.5. The van der Waals surface area contributed by atoms with Gasteiger partial charge in [-0.25, -0.2) is 0 Å². The van der Waals surface area contributed by atoms with E-state index in [1.165, 1.54) is 6.42 Å². The highest BCUT2D eigenvalue weighted by Crippen LogP contribution is 2.39. The molecule has 5 heteroatoms. The molecular formula is C14H25N3O2. The Balaban J connectivity index is 2.18. The standard InChI is InChI=1S/C14H25N3O2/c1-5-18-14(9-7-6-8-10-14)11-15-12(19-17-11)16-13(2,3)4/h5-10H2,1-4H3,(H,15,16,17). The van der Waals surface area contributed by atoms with Crippen LogP contribution < -0.4 is 5.32 Å². The molecule has 1 aromatic rings. The van der Waals surface area contributed by atoms with Gasteiger partial charge in [0.2, 0.25) is 5.82 Å². The molecule has 1 aromatic heterocycles. The molecule has 5 nitrogen and oxygen atoms in total.